The Labute approximate surface area is 102 Å². The zero-order valence-electron chi connectivity index (χ0n) is 10.6. The van der Waals surface area contributed by atoms with Gasteiger partial charge in [0.2, 0.25) is 11.7 Å². The van der Waals surface area contributed by atoms with Crippen molar-refractivity contribution in [3.63, 3.8) is 0 Å². The molecule has 0 aliphatic carbocycles. The molecule has 2 unspecified atom stereocenters. The van der Waals surface area contributed by atoms with Gasteiger partial charge in [0.25, 0.3) is 0 Å². The van der Waals surface area contributed by atoms with E-state index >= 15 is 0 Å². The van der Waals surface area contributed by atoms with E-state index in [9.17, 15) is 0 Å². The lowest BCUT2D eigenvalue weighted by Gasteiger charge is -2.17. The largest absolute Gasteiger partial charge is 0.367 e. The van der Waals surface area contributed by atoms with Crippen molar-refractivity contribution in [2.75, 3.05) is 13.2 Å². The van der Waals surface area contributed by atoms with Crippen LogP contribution < -0.4 is 5.73 Å². The van der Waals surface area contributed by atoms with Crippen LogP contribution in [0.2, 0.25) is 0 Å². The third-order valence-electron chi connectivity index (χ3n) is 3.41. The molecule has 5 heteroatoms. The first-order valence-electron chi connectivity index (χ1n) is 6.31. The SMILES string of the molecule is CC(CN)CCc1nc(C2(C)CCCO2)no1. The van der Waals surface area contributed by atoms with Crippen LogP contribution in [0.4, 0.5) is 0 Å². The van der Waals surface area contributed by atoms with Gasteiger partial charge in [-0.3, -0.25) is 0 Å². The standard InChI is InChI=1S/C12H21N3O2/c1-9(8-13)4-5-10-14-11(15-17-10)12(2)6-3-7-16-12/h9H,3-8,13H2,1-2H3. The molecular weight excluding hydrogens is 218 g/mol. The van der Waals surface area contributed by atoms with E-state index in [0.717, 1.165) is 32.3 Å². The molecule has 2 heterocycles. The molecule has 1 fully saturated rings. The Balaban J connectivity index is 1.96. The summed E-state index contributed by atoms with van der Waals surface area (Å²) in [4.78, 5) is 4.43. The van der Waals surface area contributed by atoms with E-state index in [-0.39, 0.29) is 5.60 Å². The fourth-order valence-electron chi connectivity index (χ4n) is 2.01. The molecule has 2 atom stereocenters. The average Bonchev–Trinajstić information content (AvgIpc) is 2.95. The molecule has 1 aromatic rings. The van der Waals surface area contributed by atoms with Gasteiger partial charge in [0.15, 0.2) is 0 Å². The maximum Gasteiger partial charge on any atom is 0.226 e. The molecule has 0 spiro atoms. The van der Waals surface area contributed by atoms with Crippen molar-refractivity contribution >= 4 is 0 Å². The smallest absolute Gasteiger partial charge is 0.226 e. The second kappa shape index (κ2) is 5.14. The quantitative estimate of drug-likeness (QED) is 0.845. The molecule has 1 saturated heterocycles. The van der Waals surface area contributed by atoms with Crippen LogP contribution in [0.15, 0.2) is 4.52 Å². The molecule has 0 aromatic carbocycles. The van der Waals surface area contributed by atoms with Crippen LogP contribution in [0, 0.1) is 5.92 Å². The summed E-state index contributed by atoms with van der Waals surface area (Å²) in [5.41, 5.74) is 5.23. The molecular formula is C12H21N3O2. The Morgan fingerprint density at radius 3 is 3.00 bits per heavy atom. The van der Waals surface area contributed by atoms with Crippen molar-refractivity contribution in [1.29, 1.82) is 0 Å². The summed E-state index contributed by atoms with van der Waals surface area (Å²) in [5.74, 6) is 1.87. The van der Waals surface area contributed by atoms with Gasteiger partial charge in [-0.1, -0.05) is 12.1 Å². The summed E-state index contributed by atoms with van der Waals surface area (Å²) in [6.07, 6.45) is 3.80. The molecule has 1 aromatic heterocycles. The van der Waals surface area contributed by atoms with Gasteiger partial charge in [-0.05, 0) is 38.6 Å². The zero-order valence-corrected chi connectivity index (χ0v) is 10.6. The van der Waals surface area contributed by atoms with Crippen molar-refractivity contribution in [1.82, 2.24) is 10.1 Å². The summed E-state index contributed by atoms with van der Waals surface area (Å²) in [6.45, 7) is 5.63. The first-order chi connectivity index (χ1) is 8.14. The highest BCUT2D eigenvalue weighted by atomic mass is 16.5. The Hall–Kier alpha value is -0.940. The van der Waals surface area contributed by atoms with Crippen molar-refractivity contribution in [2.24, 2.45) is 11.7 Å². The highest BCUT2D eigenvalue weighted by Gasteiger charge is 2.36. The minimum Gasteiger partial charge on any atom is -0.367 e. The van der Waals surface area contributed by atoms with Crippen molar-refractivity contribution in [3.8, 4) is 0 Å². The molecule has 17 heavy (non-hydrogen) atoms. The minimum absolute atomic E-state index is 0.346. The molecule has 0 saturated carbocycles. The van der Waals surface area contributed by atoms with E-state index in [1.807, 2.05) is 6.92 Å². The average molecular weight is 239 g/mol. The molecule has 2 rings (SSSR count). The van der Waals surface area contributed by atoms with E-state index in [1.54, 1.807) is 0 Å². The lowest BCUT2D eigenvalue weighted by atomic mass is 10.0. The first kappa shape index (κ1) is 12.5. The highest BCUT2D eigenvalue weighted by molar-refractivity contribution is 5.01. The molecule has 5 nitrogen and oxygen atoms in total. The number of hydrogen-bond donors (Lipinski definition) is 1. The van der Waals surface area contributed by atoms with Crippen LogP contribution in [0.1, 0.15) is 44.8 Å². The van der Waals surface area contributed by atoms with E-state index in [1.165, 1.54) is 0 Å². The van der Waals surface area contributed by atoms with Gasteiger partial charge in [-0.25, -0.2) is 0 Å². The molecule has 1 aliphatic heterocycles. The Kier molecular flexibility index (Phi) is 3.79. The monoisotopic (exact) mass is 239 g/mol. The number of nitrogens with two attached hydrogens (primary N) is 1. The van der Waals surface area contributed by atoms with E-state index in [2.05, 4.69) is 17.1 Å². The topological polar surface area (TPSA) is 74.2 Å². The van der Waals surface area contributed by atoms with Gasteiger partial charge < -0.3 is 15.0 Å². The van der Waals surface area contributed by atoms with Crippen LogP contribution in [0.25, 0.3) is 0 Å². The van der Waals surface area contributed by atoms with E-state index in [4.69, 9.17) is 15.0 Å². The van der Waals surface area contributed by atoms with Crippen molar-refractivity contribution in [3.05, 3.63) is 11.7 Å². The minimum atomic E-state index is -0.346. The Morgan fingerprint density at radius 1 is 1.53 bits per heavy atom. The van der Waals surface area contributed by atoms with Crippen LogP contribution >= 0.6 is 0 Å². The predicted molar refractivity (Wildman–Crippen MR) is 63.4 cm³/mol. The van der Waals surface area contributed by atoms with E-state index in [0.29, 0.717) is 24.2 Å². The summed E-state index contributed by atoms with van der Waals surface area (Å²) in [5, 5.41) is 4.03. The van der Waals surface area contributed by atoms with Crippen molar-refractivity contribution in [2.45, 2.75) is 45.1 Å². The molecule has 96 valence electrons. The van der Waals surface area contributed by atoms with Gasteiger partial charge in [-0.2, -0.15) is 4.98 Å². The summed E-state index contributed by atoms with van der Waals surface area (Å²) < 4.78 is 10.9. The fourth-order valence-corrected chi connectivity index (χ4v) is 2.01. The molecule has 0 radical (unpaired) electrons. The van der Waals surface area contributed by atoms with Gasteiger partial charge >= 0.3 is 0 Å². The second-order valence-corrected chi connectivity index (χ2v) is 5.07. The molecule has 2 N–H and O–H groups in total. The highest BCUT2D eigenvalue weighted by Crippen LogP contribution is 2.33. The van der Waals surface area contributed by atoms with Crippen LogP contribution in [-0.4, -0.2) is 23.3 Å². The first-order valence-corrected chi connectivity index (χ1v) is 6.31. The molecule has 0 bridgehead atoms. The van der Waals surface area contributed by atoms with Gasteiger partial charge in [-0.15, -0.1) is 0 Å². The summed E-state index contributed by atoms with van der Waals surface area (Å²) >= 11 is 0. The Morgan fingerprint density at radius 2 is 2.35 bits per heavy atom. The number of ether oxygens (including phenoxy) is 1. The van der Waals surface area contributed by atoms with Gasteiger partial charge in [0.1, 0.15) is 5.60 Å². The van der Waals surface area contributed by atoms with Crippen LogP contribution in [-0.2, 0) is 16.8 Å². The van der Waals surface area contributed by atoms with Crippen LogP contribution in [0.5, 0.6) is 0 Å². The number of hydrogen-bond acceptors (Lipinski definition) is 5. The molecule has 0 amide bonds. The number of aryl methyl sites for hydroxylation is 1. The van der Waals surface area contributed by atoms with E-state index < -0.39 is 0 Å². The summed E-state index contributed by atoms with van der Waals surface area (Å²) in [7, 11) is 0. The fraction of sp³-hybridized carbons (Fsp3) is 0.833. The van der Waals surface area contributed by atoms with Crippen LogP contribution in [0.3, 0.4) is 0 Å². The second-order valence-electron chi connectivity index (χ2n) is 5.07. The molecule has 1 aliphatic rings. The van der Waals surface area contributed by atoms with Crippen molar-refractivity contribution < 1.29 is 9.26 Å². The number of rotatable bonds is 5. The number of aromatic nitrogens is 2. The van der Waals surface area contributed by atoms with Gasteiger partial charge in [0.05, 0.1) is 0 Å². The maximum atomic E-state index is 5.68. The van der Waals surface area contributed by atoms with Gasteiger partial charge in [0, 0.05) is 13.0 Å². The Bertz CT molecular complexity index is 358. The normalized spacial score (nSPS) is 26.3. The lowest BCUT2D eigenvalue weighted by Crippen LogP contribution is -2.21. The summed E-state index contributed by atoms with van der Waals surface area (Å²) in [6, 6.07) is 0. The number of nitrogens with zero attached hydrogens (tertiary/aromatic N) is 2. The third kappa shape index (κ3) is 2.84. The maximum absolute atomic E-state index is 5.68. The lowest BCUT2D eigenvalue weighted by molar-refractivity contribution is 0.00768. The zero-order chi connectivity index (χ0) is 12.3. The predicted octanol–water partition coefficient (Wildman–Crippen LogP) is 1.62. The third-order valence-corrected chi connectivity index (χ3v) is 3.41.